The van der Waals surface area contributed by atoms with Crippen LogP contribution in [-0.2, 0) is 18.3 Å². The standard InChI is InChI=1S/C18H22N2O3/c1-12-16(13(2)20(3)17(12)11-21)9-10-18(22)19-14-5-7-15(23-4)8-6-14/h5-8,11H,9-10H2,1-4H3,(H,19,22). The number of amides is 1. The summed E-state index contributed by atoms with van der Waals surface area (Å²) in [6, 6.07) is 7.22. The number of benzene rings is 1. The molecule has 0 atom stereocenters. The molecule has 0 saturated carbocycles. The van der Waals surface area contributed by atoms with Gasteiger partial charge in [-0.05, 0) is 55.7 Å². The molecule has 1 aromatic carbocycles. The molecule has 0 aliphatic rings. The van der Waals surface area contributed by atoms with E-state index < -0.39 is 0 Å². The van der Waals surface area contributed by atoms with Crippen LogP contribution in [0.1, 0.15) is 33.7 Å². The molecule has 0 spiro atoms. The van der Waals surface area contributed by atoms with Crippen LogP contribution < -0.4 is 10.1 Å². The predicted molar refractivity (Wildman–Crippen MR) is 90.2 cm³/mol. The Kier molecular flexibility index (Phi) is 5.21. The number of carbonyl (C=O) groups is 2. The van der Waals surface area contributed by atoms with Crippen LogP contribution in [0.25, 0.3) is 0 Å². The van der Waals surface area contributed by atoms with Crippen LogP contribution in [0.15, 0.2) is 24.3 Å². The van der Waals surface area contributed by atoms with Crippen LogP contribution in [0, 0.1) is 13.8 Å². The van der Waals surface area contributed by atoms with Gasteiger partial charge in [0.25, 0.3) is 0 Å². The van der Waals surface area contributed by atoms with E-state index in [0.29, 0.717) is 18.5 Å². The van der Waals surface area contributed by atoms with Crippen LogP contribution in [0.5, 0.6) is 5.75 Å². The highest BCUT2D eigenvalue weighted by Crippen LogP contribution is 2.21. The summed E-state index contributed by atoms with van der Waals surface area (Å²) in [4.78, 5) is 23.2. The van der Waals surface area contributed by atoms with E-state index in [9.17, 15) is 9.59 Å². The molecule has 23 heavy (non-hydrogen) atoms. The van der Waals surface area contributed by atoms with Crippen molar-refractivity contribution in [2.75, 3.05) is 12.4 Å². The van der Waals surface area contributed by atoms with Crippen molar-refractivity contribution in [3.8, 4) is 5.75 Å². The Hall–Kier alpha value is -2.56. The zero-order valence-electron chi connectivity index (χ0n) is 14.0. The van der Waals surface area contributed by atoms with E-state index in [1.54, 1.807) is 31.4 Å². The van der Waals surface area contributed by atoms with E-state index in [1.807, 2.05) is 25.5 Å². The normalized spacial score (nSPS) is 10.4. The Morgan fingerprint density at radius 1 is 1.26 bits per heavy atom. The van der Waals surface area contributed by atoms with Gasteiger partial charge in [-0.15, -0.1) is 0 Å². The van der Waals surface area contributed by atoms with Gasteiger partial charge in [-0.1, -0.05) is 0 Å². The van der Waals surface area contributed by atoms with E-state index in [-0.39, 0.29) is 5.91 Å². The first-order valence-electron chi connectivity index (χ1n) is 7.51. The maximum Gasteiger partial charge on any atom is 0.224 e. The molecule has 2 aromatic rings. The molecule has 2 rings (SSSR count). The van der Waals surface area contributed by atoms with Crippen LogP contribution in [-0.4, -0.2) is 23.9 Å². The minimum Gasteiger partial charge on any atom is -0.497 e. The molecule has 1 amide bonds. The SMILES string of the molecule is COc1ccc(NC(=O)CCc2c(C)c(C=O)n(C)c2C)cc1. The topological polar surface area (TPSA) is 60.3 Å². The summed E-state index contributed by atoms with van der Waals surface area (Å²) in [5.41, 5.74) is 4.47. The number of aldehydes is 1. The molecule has 0 bridgehead atoms. The summed E-state index contributed by atoms with van der Waals surface area (Å²) in [7, 11) is 3.47. The molecule has 0 aliphatic heterocycles. The van der Waals surface area contributed by atoms with Crippen molar-refractivity contribution in [2.45, 2.75) is 26.7 Å². The molecule has 122 valence electrons. The third-order valence-corrected chi connectivity index (χ3v) is 4.23. The van der Waals surface area contributed by atoms with Gasteiger partial charge in [-0.2, -0.15) is 0 Å². The maximum atomic E-state index is 12.1. The summed E-state index contributed by atoms with van der Waals surface area (Å²) in [6.07, 6.45) is 1.85. The smallest absolute Gasteiger partial charge is 0.224 e. The second-order valence-electron chi connectivity index (χ2n) is 5.53. The first-order valence-corrected chi connectivity index (χ1v) is 7.51. The van der Waals surface area contributed by atoms with E-state index in [1.165, 1.54) is 0 Å². The molecule has 0 fully saturated rings. The number of hydrogen-bond donors (Lipinski definition) is 1. The number of nitrogens with zero attached hydrogens (tertiary/aromatic N) is 1. The molecule has 0 unspecified atom stereocenters. The number of rotatable bonds is 6. The first kappa shape index (κ1) is 16.8. The molecule has 1 N–H and O–H groups in total. The van der Waals surface area contributed by atoms with Gasteiger partial charge in [-0.3, -0.25) is 9.59 Å². The van der Waals surface area contributed by atoms with Gasteiger partial charge in [0.05, 0.1) is 12.8 Å². The molecule has 0 saturated heterocycles. The van der Waals surface area contributed by atoms with Crippen molar-refractivity contribution in [3.05, 3.63) is 46.8 Å². The Balaban J connectivity index is 2.00. The van der Waals surface area contributed by atoms with Crippen LogP contribution in [0.4, 0.5) is 5.69 Å². The highest BCUT2D eigenvalue weighted by atomic mass is 16.5. The van der Waals surface area contributed by atoms with E-state index in [4.69, 9.17) is 4.74 Å². The fraction of sp³-hybridized carbons (Fsp3) is 0.333. The predicted octanol–water partition coefficient (Wildman–Crippen LogP) is 3.03. The average molecular weight is 314 g/mol. The van der Waals surface area contributed by atoms with Crippen molar-refractivity contribution in [1.82, 2.24) is 4.57 Å². The monoisotopic (exact) mass is 314 g/mol. The van der Waals surface area contributed by atoms with Crippen LogP contribution in [0.3, 0.4) is 0 Å². The van der Waals surface area contributed by atoms with E-state index in [0.717, 1.165) is 34.5 Å². The lowest BCUT2D eigenvalue weighted by molar-refractivity contribution is -0.116. The summed E-state index contributed by atoms with van der Waals surface area (Å²) in [5, 5.41) is 2.87. The largest absolute Gasteiger partial charge is 0.497 e. The second-order valence-corrected chi connectivity index (χ2v) is 5.53. The number of methoxy groups -OCH3 is 1. The van der Waals surface area contributed by atoms with Crippen molar-refractivity contribution in [3.63, 3.8) is 0 Å². The summed E-state index contributed by atoms with van der Waals surface area (Å²) in [6.45, 7) is 3.89. The molecule has 1 aromatic heterocycles. The summed E-state index contributed by atoms with van der Waals surface area (Å²) in [5.74, 6) is 0.699. The van der Waals surface area contributed by atoms with Gasteiger partial charge in [0.2, 0.25) is 5.91 Å². The Morgan fingerprint density at radius 2 is 1.91 bits per heavy atom. The van der Waals surface area contributed by atoms with Gasteiger partial charge in [-0.25, -0.2) is 0 Å². The minimum absolute atomic E-state index is 0.0505. The van der Waals surface area contributed by atoms with Gasteiger partial charge >= 0.3 is 0 Å². The molecule has 5 heteroatoms. The second kappa shape index (κ2) is 7.13. The number of nitrogens with one attached hydrogen (secondary N) is 1. The molecular weight excluding hydrogens is 292 g/mol. The minimum atomic E-state index is -0.0505. The highest BCUT2D eigenvalue weighted by molar-refractivity contribution is 5.91. The van der Waals surface area contributed by atoms with Crippen molar-refractivity contribution in [2.24, 2.45) is 7.05 Å². The van der Waals surface area contributed by atoms with Gasteiger partial charge in [0, 0.05) is 24.8 Å². The van der Waals surface area contributed by atoms with Gasteiger partial charge in [0.15, 0.2) is 6.29 Å². The number of ether oxygens (including phenoxy) is 1. The van der Waals surface area contributed by atoms with Crippen LogP contribution in [0.2, 0.25) is 0 Å². The summed E-state index contributed by atoms with van der Waals surface area (Å²) < 4.78 is 6.96. The lowest BCUT2D eigenvalue weighted by Gasteiger charge is -2.07. The fourth-order valence-electron chi connectivity index (χ4n) is 2.73. The quantitative estimate of drug-likeness (QED) is 0.834. The molecule has 1 heterocycles. The lowest BCUT2D eigenvalue weighted by atomic mass is 10.0. The molecular formula is C18H22N2O3. The fourth-order valence-corrected chi connectivity index (χ4v) is 2.73. The van der Waals surface area contributed by atoms with Gasteiger partial charge < -0.3 is 14.6 Å². The highest BCUT2D eigenvalue weighted by Gasteiger charge is 2.15. The zero-order valence-corrected chi connectivity index (χ0v) is 14.0. The lowest BCUT2D eigenvalue weighted by Crippen LogP contribution is -2.12. The van der Waals surface area contributed by atoms with E-state index >= 15 is 0 Å². The third-order valence-electron chi connectivity index (χ3n) is 4.23. The third kappa shape index (κ3) is 3.62. The summed E-state index contributed by atoms with van der Waals surface area (Å²) >= 11 is 0. The Morgan fingerprint density at radius 3 is 2.43 bits per heavy atom. The molecule has 0 radical (unpaired) electrons. The zero-order chi connectivity index (χ0) is 17.0. The maximum absolute atomic E-state index is 12.1. The first-order chi connectivity index (χ1) is 11.0. The number of hydrogen-bond acceptors (Lipinski definition) is 3. The Bertz CT molecular complexity index is 715. The number of aromatic nitrogens is 1. The van der Waals surface area contributed by atoms with Crippen molar-refractivity contribution < 1.29 is 14.3 Å². The molecule has 0 aliphatic carbocycles. The van der Waals surface area contributed by atoms with E-state index in [2.05, 4.69) is 5.32 Å². The van der Waals surface area contributed by atoms with Gasteiger partial charge in [0.1, 0.15) is 5.75 Å². The van der Waals surface area contributed by atoms with Crippen molar-refractivity contribution >= 4 is 17.9 Å². The van der Waals surface area contributed by atoms with Crippen molar-refractivity contribution in [1.29, 1.82) is 0 Å². The number of anilines is 1. The van der Waals surface area contributed by atoms with Crippen LogP contribution >= 0.6 is 0 Å². The Labute approximate surface area is 136 Å². The average Bonchev–Trinajstić information content (AvgIpc) is 2.75. The molecule has 5 nitrogen and oxygen atoms in total. The number of carbonyl (C=O) groups excluding carboxylic acids is 2.